The number of carbonyl (C=O) groups excluding carboxylic acids is 2. The van der Waals surface area contributed by atoms with Gasteiger partial charge in [-0.2, -0.15) is 0 Å². The number of hydrogen-bond acceptors (Lipinski definition) is 2. The molecular weight excluding hydrogens is 312 g/mol. The van der Waals surface area contributed by atoms with Gasteiger partial charge >= 0.3 is 0 Å². The fourth-order valence-corrected chi connectivity index (χ4v) is 4.71. The van der Waals surface area contributed by atoms with Crippen molar-refractivity contribution in [3.05, 3.63) is 47.2 Å². The van der Waals surface area contributed by atoms with Crippen molar-refractivity contribution in [1.29, 1.82) is 0 Å². The normalized spacial score (nSPS) is 22.6. The quantitative estimate of drug-likeness (QED) is 0.894. The third-order valence-corrected chi connectivity index (χ3v) is 5.89. The number of nitrogens with one attached hydrogen (secondary N) is 1. The maximum Gasteiger partial charge on any atom is 0.250 e. The Balaban J connectivity index is 1.71. The first-order valence-corrected chi connectivity index (χ1v) is 9.61. The lowest BCUT2D eigenvalue weighted by Gasteiger charge is -2.51. The van der Waals surface area contributed by atoms with Crippen LogP contribution in [0.1, 0.15) is 63.4 Å². The van der Waals surface area contributed by atoms with Crippen LogP contribution in [0.2, 0.25) is 0 Å². The summed E-state index contributed by atoms with van der Waals surface area (Å²) in [6.07, 6.45) is 9.22. The highest BCUT2D eigenvalue weighted by molar-refractivity contribution is 5.98. The van der Waals surface area contributed by atoms with Crippen LogP contribution >= 0.6 is 0 Å². The molecule has 132 valence electrons. The minimum Gasteiger partial charge on any atom is -0.329 e. The molecule has 0 bridgehead atoms. The number of amides is 2. The van der Waals surface area contributed by atoms with E-state index in [0.29, 0.717) is 6.42 Å². The van der Waals surface area contributed by atoms with E-state index in [0.717, 1.165) is 68.2 Å². The number of nitrogens with zero attached hydrogens (tertiary/aromatic N) is 1. The lowest BCUT2D eigenvalue weighted by atomic mass is 9.81. The van der Waals surface area contributed by atoms with Crippen molar-refractivity contribution >= 4 is 11.8 Å². The maximum atomic E-state index is 13.3. The van der Waals surface area contributed by atoms with Crippen molar-refractivity contribution in [3.63, 3.8) is 0 Å². The van der Waals surface area contributed by atoms with Gasteiger partial charge in [0.25, 0.3) is 5.91 Å². The van der Waals surface area contributed by atoms with Gasteiger partial charge in [0.15, 0.2) is 0 Å². The molecule has 1 aromatic rings. The summed E-state index contributed by atoms with van der Waals surface area (Å²) < 4.78 is 0. The molecule has 1 spiro atoms. The third-order valence-electron chi connectivity index (χ3n) is 5.89. The van der Waals surface area contributed by atoms with Crippen molar-refractivity contribution in [3.8, 4) is 0 Å². The van der Waals surface area contributed by atoms with E-state index in [2.05, 4.69) is 5.32 Å². The summed E-state index contributed by atoms with van der Waals surface area (Å²) in [4.78, 5) is 28.1. The van der Waals surface area contributed by atoms with Crippen LogP contribution in [0.25, 0.3) is 0 Å². The zero-order valence-corrected chi connectivity index (χ0v) is 14.7. The second kappa shape index (κ2) is 6.66. The van der Waals surface area contributed by atoms with E-state index in [9.17, 15) is 9.59 Å². The molecule has 1 heterocycles. The summed E-state index contributed by atoms with van der Waals surface area (Å²) in [7, 11) is 0. The lowest BCUT2D eigenvalue weighted by Crippen LogP contribution is -2.66. The minimum atomic E-state index is -0.489. The van der Waals surface area contributed by atoms with E-state index in [4.69, 9.17) is 0 Å². The van der Waals surface area contributed by atoms with Crippen LogP contribution in [0.3, 0.4) is 0 Å². The highest BCUT2D eigenvalue weighted by Crippen LogP contribution is 2.42. The smallest absolute Gasteiger partial charge is 0.250 e. The van der Waals surface area contributed by atoms with Gasteiger partial charge in [0.1, 0.15) is 5.66 Å². The van der Waals surface area contributed by atoms with Gasteiger partial charge in [0, 0.05) is 11.3 Å². The average molecular weight is 338 g/mol. The molecule has 1 saturated carbocycles. The van der Waals surface area contributed by atoms with Gasteiger partial charge in [-0.15, -0.1) is 0 Å². The Bertz CT molecular complexity index is 702. The molecule has 2 amide bonds. The highest BCUT2D eigenvalue weighted by Gasteiger charge is 2.48. The summed E-state index contributed by atoms with van der Waals surface area (Å²) in [5, 5.41) is 3.26. The molecule has 4 rings (SSSR count). The van der Waals surface area contributed by atoms with Crippen LogP contribution < -0.4 is 5.32 Å². The van der Waals surface area contributed by atoms with E-state index in [-0.39, 0.29) is 11.8 Å². The Kier molecular flexibility index (Phi) is 4.36. The van der Waals surface area contributed by atoms with E-state index in [1.54, 1.807) is 0 Å². The van der Waals surface area contributed by atoms with Crippen LogP contribution in [0.5, 0.6) is 0 Å². The van der Waals surface area contributed by atoms with Gasteiger partial charge in [0.2, 0.25) is 5.91 Å². The van der Waals surface area contributed by atoms with Crippen LogP contribution in [-0.2, 0) is 16.0 Å². The highest BCUT2D eigenvalue weighted by atomic mass is 16.2. The molecule has 1 aliphatic heterocycles. The minimum absolute atomic E-state index is 0.0698. The second-order valence-electron chi connectivity index (χ2n) is 7.57. The van der Waals surface area contributed by atoms with E-state index >= 15 is 0 Å². The van der Waals surface area contributed by atoms with Crippen molar-refractivity contribution in [2.24, 2.45) is 0 Å². The molecule has 4 heteroatoms. The fourth-order valence-electron chi connectivity index (χ4n) is 4.71. The van der Waals surface area contributed by atoms with E-state index in [1.165, 1.54) is 6.42 Å². The van der Waals surface area contributed by atoms with Crippen molar-refractivity contribution in [2.75, 3.05) is 0 Å². The third kappa shape index (κ3) is 2.99. The van der Waals surface area contributed by atoms with Crippen LogP contribution in [0.15, 0.2) is 41.6 Å². The molecule has 0 unspecified atom stereocenters. The van der Waals surface area contributed by atoms with E-state index < -0.39 is 5.66 Å². The van der Waals surface area contributed by atoms with Crippen LogP contribution in [-0.4, -0.2) is 22.4 Å². The first-order valence-electron chi connectivity index (χ1n) is 9.61. The van der Waals surface area contributed by atoms with E-state index in [1.807, 2.05) is 35.2 Å². The molecule has 0 radical (unpaired) electrons. The Labute approximate surface area is 149 Å². The topological polar surface area (TPSA) is 49.4 Å². The lowest BCUT2D eigenvalue weighted by molar-refractivity contribution is -0.142. The Morgan fingerprint density at radius 1 is 1.00 bits per heavy atom. The predicted octanol–water partition coefficient (Wildman–Crippen LogP) is 3.68. The van der Waals surface area contributed by atoms with Crippen molar-refractivity contribution in [2.45, 2.75) is 69.9 Å². The zero-order chi connectivity index (χ0) is 17.3. The number of rotatable bonds is 2. The monoisotopic (exact) mass is 338 g/mol. The number of allylic oxidation sites excluding steroid dienone is 1. The molecule has 0 aromatic heterocycles. The number of carbonyl (C=O) groups is 2. The summed E-state index contributed by atoms with van der Waals surface area (Å²) >= 11 is 0. The standard InChI is InChI=1S/C21H26N2O2/c24-19(15-16-9-3-1-4-10-16)23-18-12-6-5-11-17(18)20(25)22-21(23)13-7-2-8-14-21/h1,3-4,9-10H,2,5-8,11-15H2,(H,22,25). The number of benzene rings is 1. The molecule has 0 saturated heterocycles. The van der Waals surface area contributed by atoms with Gasteiger partial charge in [-0.3, -0.25) is 14.5 Å². The number of hydrogen-bond donors (Lipinski definition) is 1. The molecule has 3 aliphatic rings. The van der Waals surface area contributed by atoms with Gasteiger partial charge in [-0.1, -0.05) is 36.8 Å². The molecule has 25 heavy (non-hydrogen) atoms. The van der Waals surface area contributed by atoms with Crippen LogP contribution in [0, 0.1) is 0 Å². The van der Waals surface area contributed by atoms with Gasteiger partial charge in [-0.25, -0.2) is 0 Å². The first-order chi connectivity index (χ1) is 12.2. The Hall–Kier alpha value is -2.10. The summed E-state index contributed by atoms with van der Waals surface area (Å²) in [6.45, 7) is 0. The van der Waals surface area contributed by atoms with Crippen molar-refractivity contribution in [1.82, 2.24) is 10.2 Å². The molecular formula is C21H26N2O2. The van der Waals surface area contributed by atoms with Crippen molar-refractivity contribution < 1.29 is 9.59 Å². The molecule has 0 atom stereocenters. The molecule has 1 N–H and O–H groups in total. The predicted molar refractivity (Wildman–Crippen MR) is 96.4 cm³/mol. The Morgan fingerprint density at radius 3 is 2.48 bits per heavy atom. The molecule has 4 nitrogen and oxygen atoms in total. The summed E-state index contributed by atoms with van der Waals surface area (Å²) in [5.74, 6) is 0.197. The first kappa shape index (κ1) is 16.4. The second-order valence-corrected chi connectivity index (χ2v) is 7.57. The largest absolute Gasteiger partial charge is 0.329 e. The molecule has 2 aliphatic carbocycles. The van der Waals surface area contributed by atoms with Gasteiger partial charge in [0.05, 0.1) is 6.42 Å². The maximum absolute atomic E-state index is 13.3. The SMILES string of the molecule is O=C1NC2(CCCCC2)N(C(=O)Cc2ccccc2)C2=C1CCCC2. The zero-order valence-electron chi connectivity index (χ0n) is 14.7. The summed E-state index contributed by atoms with van der Waals surface area (Å²) in [6, 6.07) is 9.93. The average Bonchev–Trinajstić information content (AvgIpc) is 2.63. The molecule has 1 aromatic carbocycles. The Morgan fingerprint density at radius 2 is 1.72 bits per heavy atom. The van der Waals surface area contributed by atoms with Gasteiger partial charge in [-0.05, 0) is 56.9 Å². The molecule has 1 fully saturated rings. The van der Waals surface area contributed by atoms with Gasteiger partial charge < -0.3 is 5.32 Å². The summed E-state index contributed by atoms with van der Waals surface area (Å²) in [5.41, 5.74) is 2.41. The van der Waals surface area contributed by atoms with Crippen LogP contribution in [0.4, 0.5) is 0 Å². The fraction of sp³-hybridized carbons (Fsp3) is 0.524.